The van der Waals surface area contributed by atoms with Gasteiger partial charge in [0, 0.05) is 6.07 Å². The van der Waals surface area contributed by atoms with Crippen LogP contribution in [0.2, 0.25) is 0 Å². The van der Waals surface area contributed by atoms with Crippen molar-refractivity contribution in [3.8, 4) is 11.8 Å². The third kappa shape index (κ3) is 2.53. The number of nitrogens with zero attached hydrogens (tertiary/aromatic N) is 3. The average molecular weight is 326 g/mol. The zero-order valence-electron chi connectivity index (χ0n) is 12.6. The average Bonchev–Trinajstić information content (AvgIpc) is 2.52. The Morgan fingerprint density at radius 3 is 2.50 bits per heavy atom. The minimum atomic E-state index is -0.832. The molecule has 7 heteroatoms. The van der Waals surface area contributed by atoms with Crippen molar-refractivity contribution < 1.29 is 8.78 Å². The molecule has 0 aliphatic heterocycles. The number of benzene rings is 2. The summed E-state index contributed by atoms with van der Waals surface area (Å²) in [7, 11) is 0. The van der Waals surface area contributed by atoms with E-state index in [1.54, 1.807) is 19.1 Å². The summed E-state index contributed by atoms with van der Waals surface area (Å²) in [5.74, 6) is -1.52. The van der Waals surface area contributed by atoms with Gasteiger partial charge in [-0.1, -0.05) is 6.07 Å². The number of rotatable bonds is 2. The van der Waals surface area contributed by atoms with E-state index >= 15 is 0 Å². The van der Waals surface area contributed by atoms with Crippen molar-refractivity contribution in [3.05, 3.63) is 69.8 Å². The van der Waals surface area contributed by atoms with Gasteiger partial charge < -0.3 is 5.73 Å². The van der Waals surface area contributed by atoms with E-state index < -0.39 is 23.2 Å². The lowest BCUT2D eigenvalue weighted by molar-refractivity contribution is 0.579. The number of nitriles is 1. The molecule has 1 atom stereocenters. The van der Waals surface area contributed by atoms with E-state index in [-0.39, 0.29) is 22.5 Å². The first kappa shape index (κ1) is 15.8. The topological polar surface area (TPSA) is 84.7 Å². The lowest BCUT2D eigenvalue weighted by Gasteiger charge is -2.16. The molecule has 2 N–H and O–H groups in total. The molecule has 5 nitrogen and oxygen atoms in total. The number of halogens is 2. The van der Waals surface area contributed by atoms with E-state index in [0.717, 1.165) is 16.7 Å². The second kappa shape index (κ2) is 5.83. The number of hydrogen-bond acceptors (Lipinski definition) is 4. The van der Waals surface area contributed by atoms with Crippen LogP contribution in [0.1, 0.15) is 24.4 Å². The summed E-state index contributed by atoms with van der Waals surface area (Å²) in [5, 5.41) is 9.30. The summed E-state index contributed by atoms with van der Waals surface area (Å²) >= 11 is 0. The highest BCUT2D eigenvalue weighted by atomic mass is 19.1. The molecule has 2 aromatic carbocycles. The molecule has 0 unspecified atom stereocenters. The summed E-state index contributed by atoms with van der Waals surface area (Å²) in [6.45, 7) is 1.61. The molecular weight excluding hydrogens is 314 g/mol. The van der Waals surface area contributed by atoms with E-state index in [9.17, 15) is 18.8 Å². The van der Waals surface area contributed by atoms with Gasteiger partial charge in [0.1, 0.15) is 23.5 Å². The lowest BCUT2D eigenvalue weighted by atomic mass is 10.1. The first-order valence-corrected chi connectivity index (χ1v) is 7.10. The largest absolute Gasteiger partial charge is 0.322 e. The molecule has 120 valence electrons. The molecule has 1 heterocycles. The highest BCUT2D eigenvalue weighted by Gasteiger charge is 2.18. The van der Waals surface area contributed by atoms with Crippen LogP contribution in [0.5, 0.6) is 0 Å². The molecule has 0 saturated carbocycles. The molecule has 0 aliphatic rings. The first-order valence-electron chi connectivity index (χ1n) is 7.10. The Morgan fingerprint density at radius 1 is 1.25 bits per heavy atom. The summed E-state index contributed by atoms with van der Waals surface area (Å²) in [5.41, 5.74) is 5.68. The lowest BCUT2D eigenvalue weighted by Crippen LogP contribution is -2.28. The van der Waals surface area contributed by atoms with Gasteiger partial charge in [0.15, 0.2) is 0 Å². The van der Waals surface area contributed by atoms with Gasteiger partial charge in [-0.05, 0) is 31.2 Å². The Balaban J connectivity index is 2.50. The number of aromatic nitrogens is 2. The fraction of sp³-hybridized carbons (Fsp3) is 0.118. The fourth-order valence-corrected chi connectivity index (χ4v) is 2.56. The Hall–Kier alpha value is -3.11. The van der Waals surface area contributed by atoms with Crippen molar-refractivity contribution in [1.29, 1.82) is 5.26 Å². The molecule has 0 amide bonds. The Morgan fingerprint density at radius 2 is 1.92 bits per heavy atom. The van der Waals surface area contributed by atoms with Crippen molar-refractivity contribution >= 4 is 10.9 Å². The van der Waals surface area contributed by atoms with Gasteiger partial charge >= 0.3 is 0 Å². The monoisotopic (exact) mass is 326 g/mol. The zero-order valence-corrected chi connectivity index (χ0v) is 12.6. The van der Waals surface area contributed by atoms with Crippen molar-refractivity contribution in [1.82, 2.24) is 9.55 Å². The van der Waals surface area contributed by atoms with Crippen LogP contribution < -0.4 is 11.3 Å². The van der Waals surface area contributed by atoms with E-state index in [0.29, 0.717) is 11.6 Å². The smallest absolute Gasteiger partial charge is 0.267 e. The third-order valence-electron chi connectivity index (χ3n) is 3.56. The normalized spacial score (nSPS) is 12.1. The maximum Gasteiger partial charge on any atom is 0.267 e. The van der Waals surface area contributed by atoms with Gasteiger partial charge in [-0.25, -0.2) is 13.8 Å². The van der Waals surface area contributed by atoms with Gasteiger partial charge in [-0.2, -0.15) is 5.26 Å². The van der Waals surface area contributed by atoms with Crippen molar-refractivity contribution in [2.45, 2.75) is 13.0 Å². The summed E-state index contributed by atoms with van der Waals surface area (Å²) < 4.78 is 28.2. The Kier molecular flexibility index (Phi) is 3.83. The highest BCUT2D eigenvalue weighted by Crippen LogP contribution is 2.20. The maximum atomic E-state index is 13.6. The van der Waals surface area contributed by atoms with Crippen LogP contribution in [0.4, 0.5) is 8.78 Å². The molecule has 24 heavy (non-hydrogen) atoms. The first-order chi connectivity index (χ1) is 11.4. The molecule has 0 spiro atoms. The predicted molar refractivity (Wildman–Crippen MR) is 84.6 cm³/mol. The van der Waals surface area contributed by atoms with Crippen LogP contribution in [0.25, 0.3) is 16.6 Å². The van der Waals surface area contributed by atoms with Crippen molar-refractivity contribution in [2.24, 2.45) is 5.73 Å². The standard InChI is InChI=1S/C17H12F2N4O/c1-9(21)16-22-14-4-2-3-10(8-20)15(14)17(24)23(16)13-6-11(18)5-12(19)7-13/h2-7,9H,21H2,1H3/t9-/m0/s1. The Bertz CT molecular complexity index is 1030. The maximum absolute atomic E-state index is 13.6. The molecular formula is C17H12F2N4O. The quantitative estimate of drug-likeness (QED) is 0.784. The van der Waals surface area contributed by atoms with Gasteiger partial charge in [-0.15, -0.1) is 0 Å². The minimum absolute atomic E-state index is 0.0352. The van der Waals surface area contributed by atoms with Gasteiger partial charge in [0.05, 0.1) is 28.2 Å². The third-order valence-corrected chi connectivity index (χ3v) is 3.56. The molecule has 0 radical (unpaired) electrons. The second-order valence-electron chi connectivity index (χ2n) is 5.34. The summed E-state index contributed by atoms with van der Waals surface area (Å²) in [6.07, 6.45) is 0. The summed E-state index contributed by atoms with van der Waals surface area (Å²) in [6, 6.07) is 8.65. The predicted octanol–water partition coefficient (Wildman–Crippen LogP) is 2.56. The minimum Gasteiger partial charge on any atom is -0.322 e. The van der Waals surface area contributed by atoms with Crippen LogP contribution in [0, 0.1) is 23.0 Å². The van der Waals surface area contributed by atoms with Crippen molar-refractivity contribution in [2.75, 3.05) is 0 Å². The number of nitrogens with two attached hydrogens (primary N) is 1. The van der Waals surface area contributed by atoms with E-state index in [4.69, 9.17) is 5.73 Å². The molecule has 0 fully saturated rings. The SMILES string of the molecule is C[C@H](N)c1nc2cccc(C#N)c2c(=O)n1-c1cc(F)cc(F)c1. The molecule has 1 aromatic heterocycles. The molecule has 3 rings (SSSR count). The molecule has 3 aromatic rings. The van der Waals surface area contributed by atoms with Gasteiger partial charge in [-0.3, -0.25) is 9.36 Å². The summed E-state index contributed by atoms with van der Waals surface area (Å²) in [4.78, 5) is 17.2. The Labute approximate surface area is 135 Å². The molecule has 0 bridgehead atoms. The van der Waals surface area contributed by atoms with Gasteiger partial charge in [0.2, 0.25) is 0 Å². The van der Waals surface area contributed by atoms with Crippen LogP contribution in [0.3, 0.4) is 0 Å². The van der Waals surface area contributed by atoms with Crippen LogP contribution in [-0.2, 0) is 0 Å². The van der Waals surface area contributed by atoms with E-state index in [2.05, 4.69) is 4.98 Å². The second-order valence-corrected chi connectivity index (χ2v) is 5.34. The van der Waals surface area contributed by atoms with Gasteiger partial charge in [0.25, 0.3) is 5.56 Å². The highest BCUT2D eigenvalue weighted by molar-refractivity contribution is 5.84. The van der Waals surface area contributed by atoms with Crippen LogP contribution >= 0.6 is 0 Å². The number of hydrogen-bond donors (Lipinski definition) is 1. The van der Waals surface area contributed by atoms with Crippen LogP contribution in [-0.4, -0.2) is 9.55 Å². The van der Waals surface area contributed by atoms with E-state index in [1.165, 1.54) is 6.07 Å². The van der Waals surface area contributed by atoms with E-state index in [1.807, 2.05) is 6.07 Å². The van der Waals surface area contributed by atoms with Crippen molar-refractivity contribution in [3.63, 3.8) is 0 Å². The van der Waals surface area contributed by atoms with Crippen LogP contribution in [0.15, 0.2) is 41.2 Å². The molecule has 0 saturated heterocycles. The molecule has 0 aliphatic carbocycles. The zero-order chi connectivity index (χ0) is 17.4. The fourth-order valence-electron chi connectivity index (χ4n) is 2.56. The number of fused-ring (bicyclic) bond motifs is 1.